The van der Waals surface area contributed by atoms with Crippen molar-refractivity contribution in [1.82, 2.24) is 4.90 Å². The zero-order valence-electron chi connectivity index (χ0n) is 19.0. The highest BCUT2D eigenvalue weighted by atomic mass is 16.5. The first-order chi connectivity index (χ1) is 15.1. The van der Waals surface area contributed by atoms with Crippen molar-refractivity contribution in [3.63, 3.8) is 0 Å². The molecule has 168 valence electrons. The molecule has 1 aliphatic heterocycles. The standard InChI is InChI=1S/C24H33N3O4/c1-5-31-21-11-7-6-10-20(21)27-15-13-26(14-16-27)18-23(28)25(2)17-19-9-8-12-22(29-3)24(19)30-4/h6-12H,5,13-18H2,1-4H3/p+1. The first kappa shape index (κ1) is 22.7. The van der Waals surface area contributed by atoms with E-state index in [1.165, 1.54) is 4.90 Å². The number of rotatable bonds is 9. The Labute approximate surface area is 185 Å². The van der Waals surface area contributed by atoms with Gasteiger partial charge < -0.3 is 28.9 Å². The van der Waals surface area contributed by atoms with E-state index in [1.54, 1.807) is 19.1 Å². The maximum absolute atomic E-state index is 12.9. The van der Waals surface area contributed by atoms with Crippen molar-refractivity contribution in [2.24, 2.45) is 0 Å². The van der Waals surface area contributed by atoms with Gasteiger partial charge in [-0.2, -0.15) is 0 Å². The van der Waals surface area contributed by atoms with Crippen LogP contribution in [0.15, 0.2) is 42.5 Å². The van der Waals surface area contributed by atoms with Gasteiger partial charge in [0, 0.05) is 19.2 Å². The molecule has 0 bridgehead atoms. The number of anilines is 1. The summed E-state index contributed by atoms with van der Waals surface area (Å²) in [6.07, 6.45) is 0. The molecule has 0 spiro atoms. The minimum absolute atomic E-state index is 0.128. The quantitative estimate of drug-likeness (QED) is 0.656. The van der Waals surface area contributed by atoms with E-state index in [0.29, 0.717) is 31.2 Å². The molecule has 0 aromatic heterocycles. The van der Waals surface area contributed by atoms with Gasteiger partial charge in [0.15, 0.2) is 18.0 Å². The summed E-state index contributed by atoms with van der Waals surface area (Å²) >= 11 is 0. The number of likely N-dealkylation sites (N-methyl/N-ethyl adjacent to an activating group) is 1. The summed E-state index contributed by atoms with van der Waals surface area (Å²) < 4.78 is 16.6. The van der Waals surface area contributed by atoms with Gasteiger partial charge in [0.1, 0.15) is 5.75 Å². The van der Waals surface area contributed by atoms with E-state index in [-0.39, 0.29) is 5.91 Å². The Hall–Kier alpha value is -2.93. The molecular formula is C24H34N3O4+. The van der Waals surface area contributed by atoms with Gasteiger partial charge in [-0.1, -0.05) is 24.3 Å². The summed E-state index contributed by atoms with van der Waals surface area (Å²) in [7, 11) is 5.08. The fraction of sp³-hybridized carbons (Fsp3) is 0.458. The van der Waals surface area contributed by atoms with Gasteiger partial charge in [-0.25, -0.2) is 0 Å². The third-order valence-electron chi connectivity index (χ3n) is 5.70. The summed E-state index contributed by atoms with van der Waals surface area (Å²) in [4.78, 5) is 18.3. The topological polar surface area (TPSA) is 55.7 Å². The normalized spacial score (nSPS) is 14.3. The van der Waals surface area contributed by atoms with E-state index in [1.807, 2.05) is 50.4 Å². The first-order valence-electron chi connectivity index (χ1n) is 10.8. The number of carbonyl (C=O) groups excluding carboxylic acids is 1. The summed E-state index contributed by atoms with van der Waals surface area (Å²) in [6.45, 7) is 7.28. The van der Waals surface area contributed by atoms with Gasteiger partial charge in [0.2, 0.25) is 0 Å². The zero-order chi connectivity index (χ0) is 22.2. The first-order valence-corrected chi connectivity index (χ1v) is 10.8. The summed E-state index contributed by atoms with van der Waals surface area (Å²) in [5.74, 6) is 2.41. The molecule has 3 rings (SSSR count). The van der Waals surface area contributed by atoms with Crippen molar-refractivity contribution < 1.29 is 23.9 Å². The molecule has 1 saturated heterocycles. The van der Waals surface area contributed by atoms with Crippen LogP contribution in [0.1, 0.15) is 12.5 Å². The van der Waals surface area contributed by atoms with Gasteiger partial charge in [-0.05, 0) is 25.1 Å². The Morgan fingerprint density at radius 3 is 2.42 bits per heavy atom. The molecular weight excluding hydrogens is 394 g/mol. The fourth-order valence-electron chi connectivity index (χ4n) is 4.01. The molecule has 0 unspecified atom stereocenters. The minimum Gasteiger partial charge on any atom is -0.493 e. The van der Waals surface area contributed by atoms with Crippen LogP contribution in [-0.4, -0.2) is 71.4 Å². The second-order valence-corrected chi connectivity index (χ2v) is 7.72. The van der Waals surface area contributed by atoms with Gasteiger partial charge in [-0.15, -0.1) is 0 Å². The maximum atomic E-state index is 12.9. The predicted molar refractivity (Wildman–Crippen MR) is 121 cm³/mol. The monoisotopic (exact) mass is 428 g/mol. The molecule has 0 aliphatic carbocycles. The Kier molecular flexibility index (Phi) is 8.00. The average molecular weight is 429 g/mol. The molecule has 0 saturated carbocycles. The molecule has 1 fully saturated rings. The smallest absolute Gasteiger partial charge is 0.277 e. The lowest BCUT2D eigenvalue weighted by molar-refractivity contribution is -0.892. The van der Waals surface area contributed by atoms with Crippen molar-refractivity contribution in [1.29, 1.82) is 0 Å². The van der Waals surface area contributed by atoms with E-state index < -0.39 is 0 Å². The lowest BCUT2D eigenvalue weighted by Crippen LogP contribution is -3.15. The van der Waals surface area contributed by atoms with Crippen LogP contribution in [0.5, 0.6) is 17.2 Å². The van der Waals surface area contributed by atoms with E-state index >= 15 is 0 Å². The summed E-state index contributed by atoms with van der Waals surface area (Å²) in [6, 6.07) is 13.9. The van der Waals surface area contributed by atoms with Gasteiger partial charge >= 0.3 is 0 Å². The molecule has 0 atom stereocenters. The number of nitrogens with one attached hydrogen (secondary N) is 1. The van der Waals surface area contributed by atoms with Gasteiger partial charge in [-0.3, -0.25) is 4.79 Å². The number of carbonyl (C=O) groups is 1. The SMILES string of the molecule is CCOc1ccccc1N1CC[NH+](CC(=O)N(C)Cc2cccc(OC)c2OC)CC1. The number of amides is 1. The largest absolute Gasteiger partial charge is 0.493 e. The molecule has 31 heavy (non-hydrogen) atoms. The molecule has 1 aliphatic rings. The molecule has 7 nitrogen and oxygen atoms in total. The van der Waals surface area contributed by atoms with E-state index in [2.05, 4.69) is 11.0 Å². The number of para-hydroxylation sites is 3. The Bertz CT molecular complexity index is 866. The number of piperazine rings is 1. The van der Waals surface area contributed by atoms with Crippen LogP contribution in [0.25, 0.3) is 0 Å². The molecule has 7 heteroatoms. The van der Waals surface area contributed by atoms with Gasteiger partial charge in [0.05, 0.1) is 52.7 Å². The zero-order valence-corrected chi connectivity index (χ0v) is 19.0. The second kappa shape index (κ2) is 10.9. The van der Waals surface area contributed by atoms with Crippen LogP contribution in [0.3, 0.4) is 0 Å². The lowest BCUT2D eigenvalue weighted by Gasteiger charge is -2.34. The summed E-state index contributed by atoms with van der Waals surface area (Å²) in [5.41, 5.74) is 2.07. The highest BCUT2D eigenvalue weighted by Gasteiger charge is 2.25. The lowest BCUT2D eigenvalue weighted by atomic mass is 10.1. The van der Waals surface area contributed by atoms with E-state index in [4.69, 9.17) is 14.2 Å². The van der Waals surface area contributed by atoms with Crippen LogP contribution in [-0.2, 0) is 11.3 Å². The number of ether oxygens (including phenoxy) is 3. The summed E-state index contributed by atoms with van der Waals surface area (Å²) in [5, 5.41) is 0. The van der Waals surface area contributed by atoms with Crippen LogP contribution in [0.4, 0.5) is 5.69 Å². The molecule has 2 aromatic carbocycles. The van der Waals surface area contributed by atoms with Gasteiger partial charge in [0.25, 0.3) is 5.91 Å². The number of hydrogen-bond donors (Lipinski definition) is 1. The van der Waals surface area contributed by atoms with Crippen molar-refractivity contribution in [2.75, 3.05) is 65.5 Å². The maximum Gasteiger partial charge on any atom is 0.277 e. The van der Waals surface area contributed by atoms with Crippen molar-refractivity contribution in [3.8, 4) is 17.2 Å². The van der Waals surface area contributed by atoms with Crippen LogP contribution in [0, 0.1) is 0 Å². The molecule has 2 aromatic rings. The molecule has 1 amide bonds. The Morgan fingerprint density at radius 2 is 1.74 bits per heavy atom. The third-order valence-corrected chi connectivity index (χ3v) is 5.70. The predicted octanol–water partition coefficient (Wildman–Crippen LogP) is 1.47. The fourth-order valence-corrected chi connectivity index (χ4v) is 4.01. The van der Waals surface area contributed by atoms with E-state index in [9.17, 15) is 4.79 Å². The van der Waals surface area contributed by atoms with Crippen molar-refractivity contribution in [2.45, 2.75) is 13.5 Å². The van der Waals surface area contributed by atoms with Crippen LogP contribution >= 0.6 is 0 Å². The van der Waals surface area contributed by atoms with Crippen LogP contribution in [0.2, 0.25) is 0 Å². The highest BCUT2D eigenvalue weighted by Crippen LogP contribution is 2.31. The number of benzene rings is 2. The van der Waals surface area contributed by atoms with E-state index in [0.717, 1.165) is 43.2 Å². The number of nitrogens with zero attached hydrogens (tertiary/aromatic N) is 2. The number of hydrogen-bond acceptors (Lipinski definition) is 5. The minimum atomic E-state index is 0.128. The number of methoxy groups -OCH3 is 2. The van der Waals surface area contributed by atoms with Crippen molar-refractivity contribution >= 4 is 11.6 Å². The molecule has 1 heterocycles. The molecule has 0 radical (unpaired) electrons. The third kappa shape index (κ3) is 5.61. The second-order valence-electron chi connectivity index (χ2n) is 7.72. The Balaban J connectivity index is 1.54. The highest BCUT2D eigenvalue weighted by molar-refractivity contribution is 5.77. The Morgan fingerprint density at radius 1 is 1.03 bits per heavy atom. The average Bonchev–Trinajstić information content (AvgIpc) is 2.80. The molecule has 1 N–H and O–H groups in total. The van der Waals surface area contributed by atoms with Crippen LogP contribution < -0.4 is 24.0 Å². The van der Waals surface area contributed by atoms with Crippen molar-refractivity contribution in [3.05, 3.63) is 48.0 Å². The number of quaternary nitrogens is 1.